The molecule has 5 heteroatoms. The number of hydrogen-bond donors (Lipinski definition) is 1. The maximum absolute atomic E-state index is 12.7. The van der Waals surface area contributed by atoms with E-state index in [1.165, 1.54) is 19.3 Å². The second kappa shape index (κ2) is 5.96. The van der Waals surface area contributed by atoms with E-state index in [0.29, 0.717) is 11.6 Å². The Balaban J connectivity index is 1.59. The standard InChI is InChI=1S/C18H18BrN3O/c19-13-4-6-14(7-5-13)21-18(23)16-2-1-9-20-17(16)22-11-12-3-8-15(22)10-12/h1-2,4-7,9,12,15H,3,8,10-11H2,(H,21,23). The van der Waals surface area contributed by atoms with Gasteiger partial charge in [-0.15, -0.1) is 0 Å². The number of pyridine rings is 1. The van der Waals surface area contributed by atoms with Gasteiger partial charge in [-0.3, -0.25) is 4.79 Å². The van der Waals surface area contributed by atoms with Crippen LogP contribution in [0.2, 0.25) is 0 Å². The SMILES string of the molecule is O=C(Nc1ccc(Br)cc1)c1cccnc1N1CC2CCC1C2. The van der Waals surface area contributed by atoms with Gasteiger partial charge in [0.25, 0.3) is 5.91 Å². The van der Waals surface area contributed by atoms with E-state index in [4.69, 9.17) is 0 Å². The minimum Gasteiger partial charge on any atom is -0.353 e. The van der Waals surface area contributed by atoms with Crippen LogP contribution in [-0.2, 0) is 0 Å². The first-order chi connectivity index (χ1) is 11.2. The minimum atomic E-state index is -0.0989. The Morgan fingerprint density at radius 3 is 2.74 bits per heavy atom. The van der Waals surface area contributed by atoms with E-state index in [-0.39, 0.29) is 5.91 Å². The summed E-state index contributed by atoms with van der Waals surface area (Å²) in [5, 5.41) is 2.97. The summed E-state index contributed by atoms with van der Waals surface area (Å²) < 4.78 is 0.991. The number of hydrogen-bond acceptors (Lipinski definition) is 3. The predicted octanol–water partition coefficient (Wildman–Crippen LogP) is 4.09. The Labute approximate surface area is 144 Å². The van der Waals surface area contributed by atoms with Crippen LogP contribution in [-0.4, -0.2) is 23.5 Å². The molecule has 1 N–H and O–H groups in total. The highest BCUT2D eigenvalue weighted by Crippen LogP contribution is 2.40. The molecule has 0 radical (unpaired) electrons. The van der Waals surface area contributed by atoms with Gasteiger partial charge in [0.15, 0.2) is 0 Å². The lowest BCUT2D eigenvalue weighted by Gasteiger charge is -2.29. The Kier molecular flexibility index (Phi) is 3.81. The topological polar surface area (TPSA) is 45.2 Å². The lowest BCUT2D eigenvalue weighted by Crippen LogP contribution is -2.34. The van der Waals surface area contributed by atoms with Crippen LogP contribution in [0.5, 0.6) is 0 Å². The molecule has 1 aromatic carbocycles. The van der Waals surface area contributed by atoms with Crippen molar-refractivity contribution in [3.05, 3.63) is 52.6 Å². The van der Waals surface area contributed by atoms with Crippen LogP contribution >= 0.6 is 15.9 Å². The number of nitrogens with zero attached hydrogens (tertiary/aromatic N) is 2. The third-order valence-corrected chi connectivity index (χ3v) is 5.34. The number of halogens is 1. The van der Waals surface area contributed by atoms with Gasteiger partial charge in [-0.2, -0.15) is 0 Å². The molecular weight excluding hydrogens is 354 g/mol. The van der Waals surface area contributed by atoms with E-state index in [9.17, 15) is 4.79 Å². The van der Waals surface area contributed by atoms with Gasteiger partial charge in [0.05, 0.1) is 5.56 Å². The molecule has 2 unspecified atom stereocenters. The van der Waals surface area contributed by atoms with Gasteiger partial charge in [-0.1, -0.05) is 15.9 Å². The van der Waals surface area contributed by atoms with Gasteiger partial charge in [-0.25, -0.2) is 4.98 Å². The van der Waals surface area contributed by atoms with Crippen molar-refractivity contribution >= 4 is 33.3 Å². The van der Waals surface area contributed by atoms with E-state index in [1.807, 2.05) is 36.4 Å². The van der Waals surface area contributed by atoms with E-state index in [1.54, 1.807) is 6.20 Å². The largest absolute Gasteiger partial charge is 0.353 e. The Morgan fingerprint density at radius 2 is 2.04 bits per heavy atom. The third kappa shape index (κ3) is 2.85. The number of carbonyl (C=O) groups is 1. The first-order valence-corrected chi connectivity index (χ1v) is 8.78. The van der Waals surface area contributed by atoms with Gasteiger partial charge in [0.1, 0.15) is 5.82 Å². The predicted molar refractivity (Wildman–Crippen MR) is 94.8 cm³/mol. The number of rotatable bonds is 3. The van der Waals surface area contributed by atoms with Crippen molar-refractivity contribution in [2.24, 2.45) is 5.92 Å². The van der Waals surface area contributed by atoms with Crippen molar-refractivity contribution in [3.63, 3.8) is 0 Å². The smallest absolute Gasteiger partial charge is 0.259 e. The summed E-state index contributed by atoms with van der Waals surface area (Å²) >= 11 is 3.40. The monoisotopic (exact) mass is 371 g/mol. The van der Waals surface area contributed by atoms with E-state index in [2.05, 4.69) is 31.1 Å². The molecule has 2 heterocycles. The first-order valence-electron chi connectivity index (χ1n) is 7.99. The van der Waals surface area contributed by atoms with E-state index in [0.717, 1.165) is 28.4 Å². The first kappa shape index (κ1) is 14.7. The summed E-state index contributed by atoms with van der Waals surface area (Å²) in [5.74, 6) is 1.50. The third-order valence-electron chi connectivity index (χ3n) is 4.81. The molecule has 0 spiro atoms. The molecule has 23 heavy (non-hydrogen) atoms. The molecule has 2 bridgehead atoms. The maximum Gasteiger partial charge on any atom is 0.259 e. The zero-order valence-electron chi connectivity index (χ0n) is 12.7. The summed E-state index contributed by atoms with van der Waals surface area (Å²) in [5.41, 5.74) is 1.44. The summed E-state index contributed by atoms with van der Waals surface area (Å²) in [6, 6.07) is 11.8. The summed E-state index contributed by atoms with van der Waals surface area (Å²) in [4.78, 5) is 19.5. The van der Waals surface area contributed by atoms with Crippen LogP contribution in [0.3, 0.4) is 0 Å². The average molecular weight is 372 g/mol. The number of fused-ring (bicyclic) bond motifs is 2. The average Bonchev–Trinajstić information content (AvgIpc) is 3.20. The highest BCUT2D eigenvalue weighted by molar-refractivity contribution is 9.10. The number of nitrogens with one attached hydrogen (secondary N) is 1. The zero-order chi connectivity index (χ0) is 15.8. The fraction of sp³-hybridized carbons (Fsp3) is 0.333. The molecule has 1 saturated heterocycles. The van der Waals surface area contributed by atoms with Gasteiger partial charge < -0.3 is 10.2 Å². The number of piperidine rings is 1. The number of benzene rings is 1. The van der Waals surface area contributed by atoms with Crippen molar-refractivity contribution < 1.29 is 4.79 Å². The van der Waals surface area contributed by atoms with Crippen LogP contribution < -0.4 is 10.2 Å². The maximum atomic E-state index is 12.7. The lowest BCUT2D eigenvalue weighted by atomic mass is 10.1. The van der Waals surface area contributed by atoms with Gasteiger partial charge in [0.2, 0.25) is 0 Å². The number of aromatic nitrogens is 1. The van der Waals surface area contributed by atoms with Gasteiger partial charge >= 0.3 is 0 Å². The molecule has 2 fully saturated rings. The molecular formula is C18H18BrN3O. The molecule has 1 aliphatic carbocycles. The lowest BCUT2D eigenvalue weighted by molar-refractivity contribution is 0.102. The summed E-state index contributed by atoms with van der Waals surface area (Å²) in [6.45, 7) is 1.03. The van der Waals surface area contributed by atoms with Crippen LogP contribution in [0.4, 0.5) is 11.5 Å². The summed E-state index contributed by atoms with van der Waals surface area (Å²) in [7, 11) is 0. The van der Waals surface area contributed by atoms with Gasteiger partial charge in [-0.05, 0) is 61.6 Å². The second-order valence-electron chi connectivity index (χ2n) is 6.32. The molecule has 118 valence electrons. The fourth-order valence-electron chi connectivity index (χ4n) is 3.72. The highest BCUT2D eigenvalue weighted by Gasteiger charge is 2.39. The van der Waals surface area contributed by atoms with Crippen molar-refractivity contribution in [1.29, 1.82) is 0 Å². The number of carbonyl (C=O) groups excluding carboxylic acids is 1. The van der Waals surface area contributed by atoms with Crippen LogP contribution in [0.25, 0.3) is 0 Å². The Bertz CT molecular complexity index is 731. The van der Waals surface area contributed by atoms with Crippen molar-refractivity contribution in [3.8, 4) is 0 Å². The van der Waals surface area contributed by atoms with Crippen molar-refractivity contribution in [2.45, 2.75) is 25.3 Å². The minimum absolute atomic E-state index is 0.0989. The van der Waals surface area contributed by atoms with Crippen molar-refractivity contribution in [2.75, 3.05) is 16.8 Å². The van der Waals surface area contributed by atoms with E-state index < -0.39 is 0 Å². The molecule has 1 aliphatic heterocycles. The van der Waals surface area contributed by atoms with Crippen LogP contribution in [0.15, 0.2) is 47.1 Å². The fourth-order valence-corrected chi connectivity index (χ4v) is 3.98. The number of anilines is 2. The molecule has 2 aliphatic rings. The molecule has 1 aromatic heterocycles. The quantitative estimate of drug-likeness (QED) is 0.883. The molecule has 1 amide bonds. The van der Waals surface area contributed by atoms with Crippen molar-refractivity contribution in [1.82, 2.24) is 4.98 Å². The normalized spacial score (nSPS) is 22.4. The van der Waals surface area contributed by atoms with Crippen LogP contribution in [0.1, 0.15) is 29.6 Å². The number of amides is 1. The molecule has 4 nitrogen and oxygen atoms in total. The molecule has 1 saturated carbocycles. The molecule has 2 aromatic rings. The molecule has 2 atom stereocenters. The Morgan fingerprint density at radius 1 is 1.22 bits per heavy atom. The Hall–Kier alpha value is -1.88. The highest BCUT2D eigenvalue weighted by atomic mass is 79.9. The summed E-state index contributed by atoms with van der Waals surface area (Å²) in [6.07, 6.45) is 5.55. The molecule has 4 rings (SSSR count). The van der Waals surface area contributed by atoms with Crippen LogP contribution in [0, 0.1) is 5.92 Å². The second-order valence-corrected chi connectivity index (χ2v) is 7.24. The van der Waals surface area contributed by atoms with Gasteiger partial charge in [0, 0.05) is 28.9 Å². The van der Waals surface area contributed by atoms with E-state index >= 15 is 0 Å². The zero-order valence-corrected chi connectivity index (χ0v) is 14.3.